The molecule has 3 aromatic rings. The highest BCUT2D eigenvalue weighted by Crippen LogP contribution is 2.22. The van der Waals surface area contributed by atoms with Crippen LogP contribution in [0.3, 0.4) is 0 Å². The Morgan fingerprint density at radius 1 is 1.10 bits per heavy atom. The average molecular weight is 294 g/mol. The predicted molar refractivity (Wildman–Crippen MR) is 67.8 cm³/mol. The SMILES string of the molecule is FC(F)(F)COc1ccc(-c2ccc3nncn3c2)cn1. The van der Waals surface area contributed by atoms with Crippen molar-refractivity contribution in [3.05, 3.63) is 43.0 Å². The molecule has 21 heavy (non-hydrogen) atoms. The van der Waals surface area contributed by atoms with E-state index in [2.05, 4.69) is 19.9 Å². The molecular formula is C13H9F3N4O. The number of hydrogen-bond acceptors (Lipinski definition) is 4. The van der Waals surface area contributed by atoms with E-state index in [1.165, 1.54) is 12.3 Å². The van der Waals surface area contributed by atoms with Gasteiger partial charge < -0.3 is 4.74 Å². The van der Waals surface area contributed by atoms with Gasteiger partial charge in [-0.1, -0.05) is 0 Å². The number of halogens is 3. The van der Waals surface area contributed by atoms with Crippen LogP contribution in [0, 0.1) is 0 Å². The Morgan fingerprint density at radius 2 is 1.90 bits per heavy atom. The Balaban J connectivity index is 1.80. The van der Waals surface area contributed by atoms with E-state index in [9.17, 15) is 13.2 Å². The second kappa shape index (κ2) is 5.04. The van der Waals surface area contributed by atoms with E-state index in [1.54, 1.807) is 22.9 Å². The molecule has 5 nitrogen and oxygen atoms in total. The summed E-state index contributed by atoms with van der Waals surface area (Å²) in [7, 11) is 0. The van der Waals surface area contributed by atoms with Gasteiger partial charge in [0.25, 0.3) is 0 Å². The van der Waals surface area contributed by atoms with E-state index >= 15 is 0 Å². The van der Waals surface area contributed by atoms with Crippen LogP contribution in [0.2, 0.25) is 0 Å². The smallest absolute Gasteiger partial charge is 0.422 e. The minimum Gasteiger partial charge on any atom is -0.468 e. The fraction of sp³-hybridized carbons (Fsp3) is 0.154. The number of pyridine rings is 2. The van der Waals surface area contributed by atoms with Crippen molar-refractivity contribution in [1.29, 1.82) is 0 Å². The van der Waals surface area contributed by atoms with E-state index in [1.807, 2.05) is 12.3 Å². The zero-order valence-electron chi connectivity index (χ0n) is 10.6. The lowest BCUT2D eigenvalue weighted by atomic mass is 10.1. The molecule has 0 amide bonds. The Hall–Kier alpha value is -2.64. The van der Waals surface area contributed by atoms with E-state index in [-0.39, 0.29) is 5.88 Å². The molecule has 0 unspecified atom stereocenters. The normalized spacial score (nSPS) is 11.8. The van der Waals surface area contributed by atoms with Gasteiger partial charge in [-0.2, -0.15) is 13.2 Å². The summed E-state index contributed by atoms with van der Waals surface area (Å²) in [5, 5.41) is 7.65. The van der Waals surface area contributed by atoms with Gasteiger partial charge in [0.1, 0.15) is 6.33 Å². The van der Waals surface area contributed by atoms with E-state index in [4.69, 9.17) is 0 Å². The summed E-state index contributed by atoms with van der Waals surface area (Å²) >= 11 is 0. The number of alkyl halides is 3. The molecule has 0 saturated carbocycles. The van der Waals surface area contributed by atoms with Crippen LogP contribution in [0.5, 0.6) is 5.88 Å². The van der Waals surface area contributed by atoms with Crippen LogP contribution >= 0.6 is 0 Å². The molecule has 0 atom stereocenters. The van der Waals surface area contributed by atoms with Crippen LogP contribution in [-0.2, 0) is 0 Å². The van der Waals surface area contributed by atoms with Gasteiger partial charge >= 0.3 is 6.18 Å². The van der Waals surface area contributed by atoms with Gasteiger partial charge in [0.05, 0.1) is 0 Å². The van der Waals surface area contributed by atoms with Crippen LogP contribution in [0.1, 0.15) is 0 Å². The highest BCUT2D eigenvalue weighted by atomic mass is 19.4. The first-order valence-electron chi connectivity index (χ1n) is 5.97. The Bertz CT molecular complexity index is 752. The van der Waals surface area contributed by atoms with Crippen molar-refractivity contribution in [2.24, 2.45) is 0 Å². The van der Waals surface area contributed by atoms with E-state index < -0.39 is 12.8 Å². The highest BCUT2D eigenvalue weighted by Gasteiger charge is 2.28. The summed E-state index contributed by atoms with van der Waals surface area (Å²) in [6, 6.07) is 6.66. The van der Waals surface area contributed by atoms with Gasteiger partial charge in [0.15, 0.2) is 12.3 Å². The number of aromatic nitrogens is 4. The molecule has 0 saturated heterocycles. The fourth-order valence-corrected chi connectivity index (χ4v) is 1.79. The minimum atomic E-state index is -4.38. The van der Waals surface area contributed by atoms with Crippen LogP contribution in [0.15, 0.2) is 43.0 Å². The lowest BCUT2D eigenvalue weighted by molar-refractivity contribution is -0.154. The monoisotopic (exact) mass is 294 g/mol. The van der Waals surface area contributed by atoms with Gasteiger partial charge in [0.2, 0.25) is 5.88 Å². The molecule has 0 aliphatic carbocycles. The lowest BCUT2D eigenvalue weighted by Crippen LogP contribution is -2.19. The number of ether oxygens (including phenoxy) is 1. The van der Waals surface area contributed by atoms with Crippen LogP contribution < -0.4 is 4.74 Å². The summed E-state index contributed by atoms with van der Waals surface area (Å²) in [6.45, 7) is -1.36. The maximum Gasteiger partial charge on any atom is 0.422 e. The molecule has 0 aliphatic heterocycles. The third kappa shape index (κ3) is 3.10. The second-order valence-corrected chi connectivity index (χ2v) is 4.30. The first kappa shape index (κ1) is 13.3. The summed E-state index contributed by atoms with van der Waals surface area (Å²) in [4.78, 5) is 3.86. The first-order valence-corrected chi connectivity index (χ1v) is 5.97. The average Bonchev–Trinajstić information content (AvgIpc) is 2.92. The minimum absolute atomic E-state index is 0.0681. The molecule has 8 heteroatoms. The summed E-state index contributed by atoms with van der Waals surface area (Å²) < 4.78 is 42.4. The van der Waals surface area contributed by atoms with Crippen molar-refractivity contribution >= 4 is 5.65 Å². The molecule has 108 valence electrons. The molecule has 3 aromatic heterocycles. The molecule has 0 radical (unpaired) electrons. The molecule has 0 aliphatic rings. The number of hydrogen-bond donors (Lipinski definition) is 0. The van der Waals surface area contributed by atoms with Crippen molar-refractivity contribution in [2.75, 3.05) is 6.61 Å². The molecule has 0 N–H and O–H groups in total. The van der Waals surface area contributed by atoms with Crippen molar-refractivity contribution in [3.8, 4) is 17.0 Å². The summed E-state index contributed by atoms with van der Waals surface area (Å²) in [5.41, 5.74) is 2.30. The van der Waals surface area contributed by atoms with Crippen molar-refractivity contribution in [1.82, 2.24) is 19.6 Å². The third-order valence-corrected chi connectivity index (χ3v) is 2.74. The van der Waals surface area contributed by atoms with Crippen LogP contribution in [0.25, 0.3) is 16.8 Å². The van der Waals surface area contributed by atoms with Gasteiger partial charge in [-0.05, 0) is 18.2 Å². The predicted octanol–water partition coefficient (Wildman–Crippen LogP) is 2.73. The zero-order valence-corrected chi connectivity index (χ0v) is 10.6. The molecule has 3 rings (SSSR count). The number of nitrogens with zero attached hydrogens (tertiary/aromatic N) is 4. The number of rotatable bonds is 3. The molecular weight excluding hydrogens is 285 g/mol. The molecule has 0 spiro atoms. The molecule has 0 fully saturated rings. The Labute approximate surface area is 117 Å². The molecule has 0 aromatic carbocycles. The topological polar surface area (TPSA) is 52.3 Å². The molecule has 3 heterocycles. The summed E-state index contributed by atoms with van der Waals surface area (Å²) in [5.74, 6) is -0.0681. The maximum absolute atomic E-state index is 12.0. The van der Waals surface area contributed by atoms with Crippen molar-refractivity contribution in [3.63, 3.8) is 0 Å². The van der Waals surface area contributed by atoms with Crippen LogP contribution in [-0.4, -0.2) is 32.4 Å². The quantitative estimate of drug-likeness (QED) is 0.745. The largest absolute Gasteiger partial charge is 0.468 e. The van der Waals surface area contributed by atoms with E-state index in [0.717, 1.165) is 11.1 Å². The first-order chi connectivity index (χ1) is 10.0. The lowest BCUT2D eigenvalue weighted by Gasteiger charge is -2.08. The van der Waals surface area contributed by atoms with Crippen molar-refractivity contribution < 1.29 is 17.9 Å². The Morgan fingerprint density at radius 3 is 2.62 bits per heavy atom. The fourth-order valence-electron chi connectivity index (χ4n) is 1.79. The van der Waals surface area contributed by atoms with Gasteiger partial charge in [-0.3, -0.25) is 4.40 Å². The summed E-state index contributed by atoms with van der Waals surface area (Å²) in [6.07, 6.45) is 0.451. The standard InChI is InChI=1S/C13H9F3N4O/c14-13(15,16)7-21-12-4-2-9(5-17-12)10-1-3-11-19-18-8-20(11)6-10/h1-6,8H,7H2. The third-order valence-electron chi connectivity index (χ3n) is 2.74. The Kier molecular flexibility index (Phi) is 3.20. The number of fused-ring (bicyclic) bond motifs is 1. The molecule has 0 bridgehead atoms. The highest BCUT2D eigenvalue weighted by molar-refractivity contribution is 5.63. The van der Waals surface area contributed by atoms with E-state index in [0.29, 0.717) is 5.65 Å². The van der Waals surface area contributed by atoms with Gasteiger partial charge in [-0.25, -0.2) is 4.98 Å². The van der Waals surface area contributed by atoms with Crippen molar-refractivity contribution in [2.45, 2.75) is 6.18 Å². The zero-order chi connectivity index (χ0) is 14.9. The second-order valence-electron chi connectivity index (χ2n) is 4.30. The van der Waals surface area contributed by atoms with Gasteiger partial charge in [-0.15, -0.1) is 10.2 Å². The maximum atomic E-state index is 12.0. The van der Waals surface area contributed by atoms with Gasteiger partial charge in [0, 0.05) is 29.6 Å². The van der Waals surface area contributed by atoms with Crippen LogP contribution in [0.4, 0.5) is 13.2 Å².